The monoisotopic (exact) mass is 523 g/mol. The highest BCUT2D eigenvalue weighted by Gasteiger charge is 2.19. The minimum atomic E-state index is -0.200. The summed E-state index contributed by atoms with van der Waals surface area (Å²) in [5, 5.41) is 9.04. The molecule has 4 rings (SSSR count). The summed E-state index contributed by atoms with van der Waals surface area (Å²) in [7, 11) is 0. The van der Waals surface area contributed by atoms with Gasteiger partial charge in [0.05, 0.1) is 0 Å². The molecular formula is C33H41N5O. The Morgan fingerprint density at radius 2 is 1.18 bits per heavy atom. The first-order valence-corrected chi connectivity index (χ1v) is 14.0. The highest BCUT2D eigenvalue weighted by atomic mass is 16.5. The van der Waals surface area contributed by atoms with Crippen molar-refractivity contribution in [1.29, 1.82) is 0 Å². The van der Waals surface area contributed by atoms with Crippen molar-refractivity contribution in [2.75, 3.05) is 22.9 Å². The molecule has 1 heterocycles. The minimum Gasteiger partial charge on any atom is -0.454 e. The third-order valence-electron chi connectivity index (χ3n) is 7.04. The zero-order chi connectivity index (χ0) is 27.9. The van der Waals surface area contributed by atoms with E-state index in [1.165, 1.54) is 11.4 Å². The molecule has 39 heavy (non-hydrogen) atoms. The van der Waals surface area contributed by atoms with Crippen molar-refractivity contribution in [2.45, 2.75) is 66.7 Å². The number of nitrogens with zero attached hydrogens (tertiary/aromatic N) is 5. The van der Waals surface area contributed by atoms with Crippen LogP contribution < -0.4 is 14.5 Å². The van der Waals surface area contributed by atoms with Crippen LogP contribution in [-0.4, -0.2) is 40.4 Å². The molecule has 0 N–H and O–H groups in total. The highest BCUT2D eigenvalue weighted by Crippen LogP contribution is 2.33. The Bertz CT molecular complexity index is 1310. The number of ether oxygens (including phenoxy) is 1. The second kappa shape index (κ2) is 12.7. The standard InChI is InChI=1S/C33H41N5O/c1-8-37(9-2)29-19-15-27(16-20-29)31-32(28-17-21-30(22-18-28)38(23(3)4)24(5)6)35-36-33(34-31)39-25(7)26-13-11-10-12-14-26/h10-25H,8-9H2,1-7H3. The number of rotatable bonds is 11. The number of anilines is 2. The molecular weight excluding hydrogens is 482 g/mol. The molecule has 0 aliphatic heterocycles. The zero-order valence-electron chi connectivity index (χ0n) is 24.3. The van der Waals surface area contributed by atoms with Crippen LogP contribution in [0.25, 0.3) is 22.5 Å². The first-order chi connectivity index (χ1) is 18.8. The summed E-state index contributed by atoms with van der Waals surface area (Å²) in [5.74, 6) is 0. The quantitative estimate of drug-likeness (QED) is 0.200. The summed E-state index contributed by atoms with van der Waals surface area (Å²) >= 11 is 0. The molecule has 0 amide bonds. The summed E-state index contributed by atoms with van der Waals surface area (Å²) < 4.78 is 6.15. The third kappa shape index (κ3) is 6.56. The molecule has 0 fully saturated rings. The molecule has 0 spiro atoms. The molecule has 3 aromatic carbocycles. The second-order valence-corrected chi connectivity index (χ2v) is 10.3. The van der Waals surface area contributed by atoms with Crippen molar-refractivity contribution in [3.63, 3.8) is 0 Å². The number of benzene rings is 3. The molecule has 1 unspecified atom stereocenters. The van der Waals surface area contributed by atoms with E-state index in [9.17, 15) is 0 Å². The Kier molecular flexibility index (Phi) is 9.18. The van der Waals surface area contributed by atoms with Crippen LogP contribution in [-0.2, 0) is 0 Å². The summed E-state index contributed by atoms with van der Waals surface area (Å²) in [5.41, 5.74) is 6.87. The van der Waals surface area contributed by atoms with Crippen LogP contribution in [0.5, 0.6) is 6.01 Å². The van der Waals surface area contributed by atoms with E-state index in [0.717, 1.165) is 41.2 Å². The summed E-state index contributed by atoms with van der Waals surface area (Å²) in [6.45, 7) is 17.1. The van der Waals surface area contributed by atoms with Crippen molar-refractivity contribution in [3.8, 4) is 28.5 Å². The lowest BCUT2D eigenvalue weighted by Gasteiger charge is -2.33. The normalized spacial score (nSPS) is 12.0. The summed E-state index contributed by atoms with van der Waals surface area (Å²) in [4.78, 5) is 9.63. The van der Waals surface area contributed by atoms with Crippen LogP contribution in [0.3, 0.4) is 0 Å². The van der Waals surface area contributed by atoms with Crippen LogP contribution in [0, 0.1) is 0 Å². The molecule has 6 nitrogen and oxygen atoms in total. The van der Waals surface area contributed by atoms with Crippen molar-refractivity contribution >= 4 is 11.4 Å². The molecule has 4 aromatic rings. The first kappa shape index (κ1) is 28.1. The van der Waals surface area contributed by atoms with Gasteiger partial charge in [-0.05, 0) is 78.3 Å². The van der Waals surface area contributed by atoms with Crippen molar-refractivity contribution in [3.05, 3.63) is 84.4 Å². The number of hydrogen-bond donors (Lipinski definition) is 0. The molecule has 1 aromatic heterocycles. The van der Waals surface area contributed by atoms with E-state index in [0.29, 0.717) is 12.1 Å². The molecule has 0 saturated carbocycles. The second-order valence-electron chi connectivity index (χ2n) is 10.3. The van der Waals surface area contributed by atoms with E-state index in [4.69, 9.17) is 9.72 Å². The Labute approximate surface area is 233 Å². The molecule has 1 atom stereocenters. The van der Waals surface area contributed by atoms with E-state index in [1.807, 2.05) is 37.3 Å². The molecule has 0 bridgehead atoms. The van der Waals surface area contributed by atoms with Crippen LogP contribution in [0.4, 0.5) is 11.4 Å². The summed E-state index contributed by atoms with van der Waals surface area (Å²) in [6, 6.07) is 28.2. The van der Waals surface area contributed by atoms with Gasteiger partial charge in [-0.2, -0.15) is 4.98 Å². The van der Waals surface area contributed by atoms with Crippen LogP contribution in [0.2, 0.25) is 0 Å². The van der Waals surface area contributed by atoms with Crippen LogP contribution in [0.15, 0.2) is 78.9 Å². The average molecular weight is 524 g/mol. The molecule has 0 radical (unpaired) electrons. The fourth-order valence-electron chi connectivity index (χ4n) is 5.11. The predicted octanol–water partition coefficient (Wildman–Crippen LogP) is 7.82. The fourth-order valence-corrected chi connectivity index (χ4v) is 5.11. The maximum atomic E-state index is 6.15. The van der Waals surface area contributed by atoms with Gasteiger partial charge in [-0.15, -0.1) is 5.10 Å². The van der Waals surface area contributed by atoms with Gasteiger partial charge in [0.2, 0.25) is 0 Å². The molecule has 0 saturated heterocycles. The summed E-state index contributed by atoms with van der Waals surface area (Å²) in [6.07, 6.45) is -0.200. The van der Waals surface area contributed by atoms with Gasteiger partial charge in [-0.1, -0.05) is 59.7 Å². The molecule has 6 heteroatoms. The maximum Gasteiger partial charge on any atom is 0.336 e. The van der Waals surface area contributed by atoms with Gasteiger partial charge in [0, 0.05) is 47.7 Å². The fraction of sp³-hybridized carbons (Fsp3) is 0.364. The van der Waals surface area contributed by atoms with Gasteiger partial charge < -0.3 is 14.5 Å². The van der Waals surface area contributed by atoms with Gasteiger partial charge >= 0.3 is 6.01 Å². The Morgan fingerprint density at radius 1 is 0.641 bits per heavy atom. The lowest BCUT2D eigenvalue weighted by Crippen LogP contribution is -2.36. The maximum absolute atomic E-state index is 6.15. The Balaban J connectivity index is 1.73. The van der Waals surface area contributed by atoms with E-state index < -0.39 is 0 Å². The smallest absolute Gasteiger partial charge is 0.336 e. The van der Waals surface area contributed by atoms with E-state index in [-0.39, 0.29) is 12.1 Å². The first-order valence-electron chi connectivity index (χ1n) is 14.0. The molecule has 0 aliphatic rings. The average Bonchev–Trinajstić information content (AvgIpc) is 2.95. The number of aromatic nitrogens is 3. The van der Waals surface area contributed by atoms with E-state index >= 15 is 0 Å². The molecule has 204 valence electrons. The van der Waals surface area contributed by atoms with Crippen LogP contribution in [0.1, 0.15) is 60.1 Å². The predicted molar refractivity (Wildman–Crippen MR) is 162 cm³/mol. The van der Waals surface area contributed by atoms with Gasteiger partial charge in [-0.25, -0.2) is 0 Å². The topological polar surface area (TPSA) is 54.4 Å². The Morgan fingerprint density at radius 3 is 1.72 bits per heavy atom. The van der Waals surface area contributed by atoms with Gasteiger partial charge in [-0.3, -0.25) is 0 Å². The Hall–Kier alpha value is -3.93. The van der Waals surface area contributed by atoms with E-state index in [2.05, 4.69) is 110 Å². The molecule has 0 aliphatic carbocycles. The SMILES string of the molecule is CCN(CC)c1ccc(-c2nc(OC(C)c3ccccc3)nnc2-c2ccc(N(C(C)C)C(C)C)cc2)cc1. The van der Waals surface area contributed by atoms with Gasteiger partial charge in [0.15, 0.2) is 0 Å². The van der Waals surface area contributed by atoms with Crippen molar-refractivity contribution < 1.29 is 4.74 Å². The lowest BCUT2D eigenvalue weighted by atomic mass is 10.0. The van der Waals surface area contributed by atoms with Gasteiger partial charge in [0.1, 0.15) is 17.5 Å². The highest BCUT2D eigenvalue weighted by molar-refractivity contribution is 5.79. The van der Waals surface area contributed by atoms with Gasteiger partial charge in [0.25, 0.3) is 0 Å². The van der Waals surface area contributed by atoms with Crippen molar-refractivity contribution in [1.82, 2.24) is 15.2 Å². The number of hydrogen-bond acceptors (Lipinski definition) is 6. The van der Waals surface area contributed by atoms with Crippen molar-refractivity contribution in [2.24, 2.45) is 0 Å². The largest absolute Gasteiger partial charge is 0.454 e. The lowest BCUT2D eigenvalue weighted by molar-refractivity contribution is 0.205. The third-order valence-corrected chi connectivity index (χ3v) is 7.04. The minimum absolute atomic E-state index is 0.200. The van der Waals surface area contributed by atoms with E-state index in [1.54, 1.807) is 0 Å². The van der Waals surface area contributed by atoms with Crippen LogP contribution >= 0.6 is 0 Å². The zero-order valence-corrected chi connectivity index (χ0v) is 24.3.